The van der Waals surface area contributed by atoms with Crippen LogP contribution in [0.25, 0.3) is 0 Å². The third-order valence-electron chi connectivity index (χ3n) is 4.32. The van der Waals surface area contributed by atoms with E-state index in [-0.39, 0.29) is 17.2 Å². The highest BCUT2D eigenvalue weighted by Crippen LogP contribution is 2.25. The van der Waals surface area contributed by atoms with Gasteiger partial charge in [0.2, 0.25) is 0 Å². The SMILES string of the molecule is CCCCCCCC(CN)N1CCSCC1S(=O)(=O)CC. The Labute approximate surface area is 135 Å². The summed E-state index contributed by atoms with van der Waals surface area (Å²) < 4.78 is 24.6. The molecule has 0 aromatic heterocycles. The van der Waals surface area contributed by atoms with Gasteiger partial charge in [-0.3, -0.25) is 4.90 Å². The summed E-state index contributed by atoms with van der Waals surface area (Å²) in [5.41, 5.74) is 5.95. The van der Waals surface area contributed by atoms with Crippen LogP contribution in [-0.2, 0) is 9.84 Å². The first-order valence-electron chi connectivity index (χ1n) is 8.31. The fourth-order valence-corrected chi connectivity index (χ4v) is 6.01. The molecule has 2 atom stereocenters. The van der Waals surface area contributed by atoms with Gasteiger partial charge in [0.25, 0.3) is 0 Å². The number of nitrogens with two attached hydrogens (primary N) is 1. The van der Waals surface area contributed by atoms with Crippen LogP contribution in [0.1, 0.15) is 52.4 Å². The molecule has 0 amide bonds. The second-order valence-electron chi connectivity index (χ2n) is 5.81. The molecule has 1 fully saturated rings. The van der Waals surface area contributed by atoms with Crippen molar-refractivity contribution in [3.63, 3.8) is 0 Å². The average Bonchev–Trinajstić information content (AvgIpc) is 2.51. The summed E-state index contributed by atoms with van der Waals surface area (Å²) in [5, 5.41) is -0.328. The molecule has 0 spiro atoms. The Hall–Kier alpha value is 0.220. The van der Waals surface area contributed by atoms with E-state index < -0.39 is 9.84 Å². The summed E-state index contributed by atoms with van der Waals surface area (Å²) in [6.07, 6.45) is 7.24. The third-order valence-corrected chi connectivity index (χ3v) is 7.63. The molecule has 126 valence electrons. The average molecular weight is 337 g/mol. The van der Waals surface area contributed by atoms with Gasteiger partial charge in [-0.1, -0.05) is 46.0 Å². The number of sulfone groups is 1. The van der Waals surface area contributed by atoms with Crippen molar-refractivity contribution in [2.75, 3.05) is 30.3 Å². The Bertz CT molecular complexity index is 374. The molecule has 0 saturated carbocycles. The van der Waals surface area contributed by atoms with E-state index >= 15 is 0 Å². The Kier molecular flexibility index (Phi) is 9.25. The van der Waals surface area contributed by atoms with Gasteiger partial charge in [-0.2, -0.15) is 11.8 Å². The standard InChI is InChI=1S/C15H32N2O2S2/c1-3-5-6-7-8-9-14(12-16)17-10-11-20-13-15(17)21(18,19)4-2/h14-15H,3-13,16H2,1-2H3. The van der Waals surface area contributed by atoms with Crippen molar-refractivity contribution >= 4 is 21.6 Å². The third kappa shape index (κ3) is 6.08. The maximum absolute atomic E-state index is 12.3. The lowest BCUT2D eigenvalue weighted by molar-refractivity contribution is 0.183. The Morgan fingerprint density at radius 3 is 2.57 bits per heavy atom. The zero-order valence-electron chi connectivity index (χ0n) is 13.6. The summed E-state index contributed by atoms with van der Waals surface area (Å²) in [7, 11) is -3.02. The molecule has 1 heterocycles. The number of hydrogen-bond acceptors (Lipinski definition) is 5. The van der Waals surface area contributed by atoms with Crippen molar-refractivity contribution in [1.82, 2.24) is 4.90 Å². The molecule has 2 N–H and O–H groups in total. The topological polar surface area (TPSA) is 63.4 Å². The number of nitrogens with zero attached hydrogens (tertiary/aromatic N) is 1. The molecular weight excluding hydrogens is 304 g/mol. The molecule has 1 aliphatic rings. The molecule has 2 unspecified atom stereocenters. The van der Waals surface area contributed by atoms with Crippen LogP contribution in [0, 0.1) is 0 Å². The fourth-order valence-electron chi connectivity index (χ4n) is 2.92. The highest BCUT2D eigenvalue weighted by Gasteiger charge is 2.36. The van der Waals surface area contributed by atoms with Gasteiger partial charge in [-0.25, -0.2) is 8.42 Å². The zero-order chi connectivity index (χ0) is 15.7. The maximum Gasteiger partial charge on any atom is 0.166 e. The van der Waals surface area contributed by atoms with Crippen LogP contribution >= 0.6 is 11.8 Å². The largest absolute Gasteiger partial charge is 0.329 e. The molecule has 1 saturated heterocycles. The van der Waals surface area contributed by atoms with E-state index in [1.165, 1.54) is 25.7 Å². The number of rotatable bonds is 10. The molecule has 1 aliphatic heterocycles. The highest BCUT2D eigenvalue weighted by molar-refractivity contribution is 8.01. The van der Waals surface area contributed by atoms with Crippen molar-refractivity contribution in [2.45, 2.75) is 63.8 Å². The fraction of sp³-hybridized carbons (Fsp3) is 1.00. The summed E-state index contributed by atoms with van der Waals surface area (Å²) in [5.74, 6) is 1.94. The minimum atomic E-state index is -3.02. The van der Waals surface area contributed by atoms with Gasteiger partial charge in [0.15, 0.2) is 9.84 Å². The van der Waals surface area contributed by atoms with Crippen molar-refractivity contribution in [1.29, 1.82) is 0 Å². The second-order valence-corrected chi connectivity index (χ2v) is 9.41. The summed E-state index contributed by atoms with van der Waals surface area (Å²) in [6.45, 7) is 5.38. The first-order chi connectivity index (χ1) is 10.1. The van der Waals surface area contributed by atoms with Crippen molar-refractivity contribution in [3.05, 3.63) is 0 Å². The predicted molar refractivity (Wildman–Crippen MR) is 93.5 cm³/mol. The number of thioether (sulfide) groups is 1. The van der Waals surface area contributed by atoms with E-state index in [1.54, 1.807) is 18.7 Å². The lowest BCUT2D eigenvalue weighted by Gasteiger charge is -2.40. The Balaban J connectivity index is 2.59. The quantitative estimate of drug-likeness (QED) is 0.621. The van der Waals surface area contributed by atoms with E-state index in [0.29, 0.717) is 12.3 Å². The van der Waals surface area contributed by atoms with Crippen LogP contribution in [0.5, 0.6) is 0 Å². The van der Waals surface area contributed by atoms with Crippen molar-refractivity contribution in [3.8, 4) is 0 Å². The maximum atomic E-state index is 12.3. The Morgan fingerprint density at radius 2 is 1.95 bits per heavy atom. The predicted octanol–water partition coefficient (Wildman–Crippen LogP) is 2.48. The molecule has 6 heteroatoms. The van der Waals surface area contributed by atoms with E-state index in [4.69, 9.17) is 5.73 Å². The van der Waals surface area contributed by atoms with Gasteiger partial charge in [0.1, 0.15) is 5.37 Å². The monoisotopic (exact) mass is 336 g/mol. The summed E-state index contributed by atoms with van der Waals surface area (Å²) in [6, 6.07) is 0.221. The normalized spacial score (nSPS) is 22.3. The lowest BCUT2D eigenvalue weighted by Crippen LogP contribution is -2.54. The summed E-state index contributed by atoms with van der Waals surface area (Å²) in [4.78, 5) is 2.18. The Morgan fingerprint density at radius 1 is 1.24 bits per heavy atom. The number of unbranched alkanes of at least 4 members (excludes halogenated alkanes) is 4. The molecule has 0 aromatic rings. The van der Waals surface area contributed by atoms with Crippen LogP contribution in [0.3, 0.4) is 0 Å². The zero-order valence-corrected chi connectivity index (χ0v) is 15.2. The van der Waals surface area contributed by atoms with Crippen LogP contribution in [0.4, 0.5) is 0 Å². The van der Waals surface area contributed by atoms with Gasteiger partial charge in [0.05, 0.1) is 0 Å². The van der Waals surface area contributed by atoms with E-state index in [1.807, 2.05) is 0 Å². The number of hydrogen-bond donors (Lipinski definition) is 1. The van der Waals surface area contributed by atoms with Crippen LogP contribution in [-0.4, -0.2) is 55.1 Å². The van der Waals surface area contributed by atoms with Crippen molar-refractivity contribution in [2.24, 2.45) is 5.73 Å². The lowest BCUT2D eigenvalue weighted by atomic mass is 10.1. The van der Waals surface area contributed by atoms with Gasteiger partial charge in [-0.15, -0.1) is 0 Å². The minimum absolute atomic E-state index is 0.221. The van der Waals surface area contributed by atoms with E-state index in [9.17, 15) is 8.42 Å². The first-order valence-corrected chi connectivity index (χ1v) is 11.2. The minimum Gasteiger partial charge on any atom is -0.329 e. The second kappa shape index (κ2) is 10.1. The highest BCUT2D eigenvalue weighted by atomic mass is 32.2. The van der Waals surface area contributed by atoms with Gasteiger partial charge >= 0.3 is 0 Å². The van der Waals surface area contributed by atoms with E-state index in [2.05, 4.69) is 11.8 Å². The molecule has 1 rings (SSSR count). The molecular formula is C15H32N2O2S2. The van der Waals surface area contributed by atoms with Crippen molar-refractivity contribution < 1.29 is 8.42 Å². The smallest absolute Gasteiger partial charge is 0.166 e. The first kappa shape index (κ1) is 19.3. The molecule has 0 radical (unpaired) electrons. The molecule has 0 bridgehead atoms. The van der Waals surface area contributed by atoms with Gasteiger partial charge in [-0.05, 0) is 6.42 Å². The summed E-state index contributed by atoms with van der Waals surface area (Å²) >= 11 is 1.75. The van der Waals surface area contributed by atoms with Crippen LogP contribution < -0.4 is 5.73 Å². The molecule has 0 aromatic carbocycles. The van der Waals surface area contributed by atoms with E-state index in [0.717, 1.165) is 25.1 Å². The van der Waals surface area contributed by atoms with Gasteiger partial charge in [0, 0.05) is 36.4 Å². The van der Waals surface area contributed by atoms with Crippen LogP contribution in [0.2, 0.25) is 0 Å². The van der Waals surface area contributed by atoms with Crippen LogP contribution in [0.15, 0.2) is 0 Å². The van der Waals surface area contributed by atoms with Gasteiger partial charge < -0.3 is 5.73 Å². The molecule has 21 heavy (non-hydrogen) atoms. The molecule has 0 aliphatic carbocycles. The molecule has 4 nitrogen and oxygen atoms in total.